The third kappa shape index (κ3) is 11.7. The van der Waals surface area contributed by atoms with Gasteiger partial charge in [-0.15, -0.1) is 11.3 Å². The highest BCUT2D eigenvalue weighted by atomic mass is 32.1. The van der Waals surface area contributed by atoms with Crippen LogP contribution in [0.1, 0.15) is 97.4 Å². The number of fused-ring (bicyclic) bond motifs is 4. The smallest absolute Gasteiger partial charge is 0.0419 e. The van der Waals surface area contributed by atoms with E-state index in [1.54, 1.807) is 0 Å². The van der Waals surface area contributed by atoms with Crippen LogP contribution in [0.4, 0.5) is 5.69 Å². The average molecular weight is 722 g/mol. The largest absolute Gasteiger partial charge is 0.356 e. The molecular weight excluding hydrogens is 659 g/mol. The van der Waals surface area contributed by atoms with Crippen molar-refractivity contribution < 1.29 is 0 Å². The molecule has 1 nitrogen and oxygen atoms in total. The minimum Gasteiger partial charge on any atom is -0.356 e. The maximum atomic E-state index is 4.06. The van der Waals surface area contributed by atoms with Crippen molar-refractivity contribution >= 4 is 37.2 Å². The first-order chi connectivity index (χ1) is 25.5. The van der Waals surface area contributed by atoms with Gasteiger partial charge in [0.1, 0.15) is 0 Å². The topological polar surface area (TPSA) is 12.0 Å². The third-order valence-corrected chi connectivity index (χ3v) is 11.3. The second-order valence-electron chi connectivity index (χ2n) is 14.1. The van der Waals surface area contributed by atoms with Crippen LogP contribution in [0.15, 0.2) is 163 Å². The molecule has 0 spiro atoms. The van der Waals surface area contributed by atoms with E-state index in [1.807, 2.05) is 44.3 Å². The molecule has 1 atom stereocenters. The van der Waals surface area contributed by atoms with Crippen molar-refractivity contribution in [2.45, 2.75) is 93.9 Å². The van der Waals surface area contributed by atoms with E-state index in [2.05, 4.69) is 182 Å². The van der Waals surface area contributed by atoms with E-state index < -0.39 is 0 Å². The summed E-state index contributed by atoms with van der Waals surface area (Å²) in [5, 5.41) is 6.14. The Morgan fingerprint density at radius 2 is 1.53 bits per heavy atom. The van der Waals surface area contributed by atoms with E-state index in [1.165, 1.54) is 65.6 Å². The lowest BCUT2D eigenvalue weighted by Crippen LogP contribution is -2.20. The van der Waals surface area contributed by atoms with E-state index in [0.29, 0.717) is 0 Å². The second-order valence-corrected chi connectivity index (χ2v) is 15.2. The molecule has 5 aromatic rings. The van der Waals surface area contributed by atoms with Gasteiger partial charge in [-0.1, -0.05) is 176 Å². The zero-order valence-electron chi connectivity index (χ0n) is 34.1. The van der Waals surface area contributed by atoms with Crippen LogP contribution in [-0.2, 0) is 11.8 Å². The third-order valence-electron chi connectivity index (χ3n) is 9.99. The molecule has 1 unspecified atom stereocenters. The molecule has 0 radical (unpaired) electrons. The van der Waals surface area contributed by atoms with Crippen molar-refractivity contribution in [3.8, 4) is 0 Å². The Balaban J connectivity index is 0.000000228. The summed E-state index contributed by atoms with van der Waals surface area (Å²) in [5.74, 6) is 0.730. The molecule has 1 aliphatic heterocycles. The molecule has 0 amide bonds. The maximum Gasteiger partial charge on any atom is 0.0419 e. The molecule has 1 aliphatic rings. The predicted octanol–water partition coefficient (Wildman–Crippen LogP) is 15.9. The van der Waals surface area contributed by atoms with Gasteiger partial charge in [-0.3, -0.25) is 0 Å². The van der Waals surface area contributed by atoms with Crippen LogP contribution in [0.3, 0.4) is 0 Å². The van der Waals surface area contributed by atoms with Gasteiger partial charge in [0.2, 0.25) is 0 Å². The number of hydrogen-bond acceptors (Lipinski definition) is 2. The number of rotatable bonds is 7. The lowest BCUT2D eigenvalue weighted by atomic mass is 9.76. The van der Waals surface area contributed by atoms with Crippen LogP contribution >= 0.6 is 11.3 Å². The van der Waals surface area contributed by atoms with Gasteiger partial charge in [0, 0.05) is 37.0 Å². The summed E-state index contributed by atoms with van der Waals surface area (Å²) >= 11 is 1.91. The van der Waals surface area contributed by atoms with Crippen molar-refractivity contribution in [2.24, 2.45) is 5.92 Å². The number of anilines is 1. The Hall–Kier alpha value is -4.66. The van der Waals surface area contributed by atoms with Gasteiger partial charge in [0.25, 0.3) is 0 Å². The molecular formula is C51H63NS. The molecule has 1 aromatic heterocycles. The summed E-state index contributed by atoms with van der Waals surface area (Å²) in [5.41, 5.74) is 11.6. The highest BCUT2D eigenvalue weighted by Crippen LogP contribution is 2.41. The van der Waals surface area contributed by atoms with Crippen LogP contribution in [0.25, 0.3) is 20.2 Å². The van der Waals surface area contributed by atoms with Gasteiger partial charge in [0.05, 0.1) is 0 Å². The van der Waals surface area contributed by atoms with Gasteiger partial charge in [0.15, 0.2) is 0 Å². The molecule has 0 saturated carbocycles. The fourth-order valence-electron chi connectivity index (χ4n) is 6.40. The molecule has 1 N–H and O–H groups in total. The molecule has 0 saturated heterocycles. The van der Waals surface area contributed by atoms with Crippen LogP contribution < -0.4 is 5.32 Å². The minimum absolute atomic E-state index is 0.00963. The van der Waals surface area contributed by atoms with Gasteiger partial charge >= 0.3 is 0 Å². The Kier molecular flexibility index (Phi) is 17.1. The van der Waals surface area contributed by atoms with Crippen molar-refractivity contribution in [1.82, 2.24) is 0 Å². The van der Waals surface area contributed by atoms with Crippen molar-refractivity contribution in [1.29, 1.82) is 0 Å². The first kappa shape index (κ1) is 42.8. The van der Waals surface area contributed by atoms with Crippen molar-refractivity contribution in [3.63, 3.8) is 0 Å². The molecule has 0 aliphatic carbocycles. The van der Waals surface area contributed by atoms with E-state index >= 15 is 0 Å². The Morgan fingerprint density at radius 3 is 2.21 bits per heavy atom. The fraction of sp³-hybridized carbons (Fsp3) is 0.294. The molecule has 0 bridgehead atoms. The number of aryl methyl sites for hydroxylation is 1. The van der Waals surface area contributed by atoms with Crippen LogP contribution in [0.5, 0.6) is 0 Å². The lowest BCUT2D eigenvalue weighted by molar-refractivity contribution is 0.561. The maximum absolute atomic E-state index is 4.06. The first-order valence-electron chi connectivity index (χ1n) is 19.3. The monoisotopic (exact) mass is 721 g/mol. The van der Waals surface area contributed by atoms with Crippen LogP contribution in [0, 0.1) is 12.8 Å². The predicted molar refractivity (Wildman–Crippen MR) is 242 cm³/mol. The van der Waals surface area contributed by atoms with E-state index in [4.69, 9.17) is 0 Å². The number of benzene rings is 4. The Bertz CT molecular complexity index is 2060. The normalized spacial score (nSPS) is 15.2. The number of thiophene rings is 1. The number of para-hydroxylation sites is 1. The fourth-order valence-corrected chi connectivity index (χ4v) is 7.61. The zero-order valence-corrected chi connectivity index (χ0v) is 35.0. The van der Waals surface area contributed by atoms with Crippen LogP contribution in [-0.4, -0.2) is 0 Å². The molecule has 6 rings (SSSR count). The highest BCUT2D eigenvalue weighted by molar-refractivity contribution is 7.26. The zero-order chi connectivity index (χ0) is 39.0. The standard InChI is InChI=1S/C22H20S.C18H23N.C9H14.C2H6/c1-15-19(22(2,3)16-9-5-4-6-10-16)14-13-18-17-11-7-8-12-20(17)23-21(15)18;1-4-14(2)13-16-10-9-15(3)19-18-8-6-5-7-17(18)12-11-16;1-5-7-9(4)8(3)6-2;1-2/h4-14H,1-3H3;5-11,14,19H,3-4,12-13H2,1-2H3;5-7H,2H2,1,3-4H3;1-2H3/b;10-9-,16-11+;7-5-,9-8-;. The SMILES string of the molecule is C=C/C(C)=C(C)\C=C/C.C=C1/C=C\C(CC(C)CC)=C/Cc2ccccc2N1.CC.Cc1c(C(C)(C)c2ccccc2)ccc2c1sc1ccccc12. The van der Waals surface area contributed by atoms with Gasteiger partial charge in [-0.25, -0.2) is 0 Å². The van der Waals surface area contributed by atoms with Gasteiger partial charge in [-0.2, -0.15) is 0 Å². The summed E-state index contributed by atoms with van der Waals surface area (Å²) in [6.07, 6.45) is 16.0. The van der Waals surface area contributed by atoms with E-state index in [0.717, 1.165) is 30.1 Å². The van der Waals surface area contributed by atoms with Gasteiger partial charge < -0.3 is 5.32 Å². The summed E-state index contributed by atoms with van der Waals surface area (Å²) in [7, 11) is 0. The molecule has 2 heteroatoms. The minimum atomic E-state index is 0.00963. The summed E-state index contributed by atoms with van der Waals surface area (Å²) in [6, 6.07) is 32.6. The molecule has 0 fully saturated rings. The Morgan fingerprint density at radius 1 is 0.868 bits per heavy atom. The van der Waals surface area contributed by atoms with E-state index in [-0.39, 0.29) is 5.41 Å². The Labute approximate surface area is 326 Å². The second kappa shape index (κ2) is 21.1. The molecule has 4 aromatic carbocycles. The highest BCUT2D eigenvalue weighted by Gasteiger charge is 2.26. The number of nitrogens with one attached hydrogen (secondary N) is 1. The lowest BCUT2D eigenvalue weighted by Gasteiger charge is -2.28. The van der Waals surface area contributed by atoms with Crippen LogP contribution in [0.2, 0.25) is 0 Å². The summed E-state index contributed by atoms with van der Waals surface area (Å²) in [4.78, 5) is 0. The molecule has 2 heterocycles. The summed E-state index contributed by atoms with van der Waals surface area (Å²) in [6.45, 7) is 29.4. The molecule has 278 valence electrons. The van der Waals surface area contributed by atoms with E-state index in [9.17, 15) is 0 Å². The molecule has 53 heavy (non-hydrogen) atoms. The first-order valence-corrected chi connectivity index (χ1v) is 20.1. The van der Waals surface area contributed by atoms with Crippen molar-refractivity contribution in [2.75, 3.05) is 5.32 Å². The number of hydrogen-bond donors (Lipinski definition) is 1. The number of allylic oxidation sites excluding steroid dienone is 9. The van der Waals surface area contributed by atoms with Gasteiger partial charge in [-0.05, 0) is 98.1 Å². The summed E-state index contributed by atoms with van der Waals surface area (Å²) < 4.78 is 2.80. The quantitative estimate of drug-likeness (QED) is 0.165. The van der Waals surface area contributed by atoms with Crippen molar-refractivity contribution in [3.05, 3.63) is 185 Å². The average Bonchev–Trinajstić information content (AvgIpc) is 3.60.